The van der Waals surface area contributed by atoms with Crippen LogP contribution in [0.2, 0.25) is 0 Å². The Balaban J connectivity index is 1.18. The molecule has 48 heavy (non-hydrogen) atoms. The molecule has 0 saturated heterocycles. The van der Waals surface area contributed by atoms with E-state index >= 15 is 0 Å². The summed E-state index contributed by atoms with van der Waals surface area (Å²) in [5.74, 6) is 0. The van der Waals surface area contributed by atoms with Crippen molar-refractivity contribution in [2.75, 3.05) is 4.90 Å². The average molecular weight is 613 g/mol. The molecule has 1 heterocycles. The Bertz CT molecular complexity index is 2510. The minimum Gasteiger partial charge on any atom is -0.311 e. The van der Waals surface area contributed by atoms with Crippen LogP contribution in [0.15, 0.2) is 194 Å². The van der Waals surface area contributed by atoms with E-state index in [4.69, 9.17) is 0 Å². The number of fused-ring (bicyclic) bond motifs is 5. The predicted octanol–water partition coefficient (Wildman–Crippen LogP) is 12.7. The Morgan fingerprint density at radius 1 is 0.333 bits per heavy atom. The van der Waals surface area contributed by atoms with E-state index in [2.05, 4.69) is 204 Å². The van der Waals surface area contributed by atoms with Gasteiger partial charge in [0.1, 0.15) is 0 Å². The second-order valence-electron chi connectivity index (χ2n) is 12.2. The second kappa shape index (κ2) is 11.8. The maximum Gasteiger partial charge on any atom is 0.0619 e. The van der Waals surface area contributed by atoms with Crippen LogP contribution in [0, 0.1) is 0 Å². The average Bonchev–Trinajstić information content (AvgIpc) is 3.51. The van der Waals surface area contributed by atoms with Crippen molar-refractivity contribution >= 4 is 49.6 Å². The summed E-state index contributed by atoms with van der Waals surface area (Å²) in [7, 11) is 0. The number of hydrogen-bond acceptors (Lipinski definition) is 1. The highest BCUT2D eigenvalue weighted by molar-refractivity contribution is 6.22. The summed E-state index contributed by atoms with van der Waals surface area (Å²) >= 11 is 0. The number of hydrogen-bond donors (Lipinski definition) is 0. The van der Waals surface area contributed by atoms with Crippen LogP contribution in [0.5, 0.6) is 0 Å². The minimum atomic E-state index is 1.11. The summed E-state index contributed by atoms with van der Waals surface area (Å²) in [6, 6.07) is 69.7. The fourth-order valence-electron chi connectivity index (χ4n) is 7.16. The zero-order valence-corrected chi connectivity index (χ0v) is 26.4. The maximum absolute atomic E-state index is 2.42. The Morgan fingerprint density at radius 2 is 0.812 bits per heavy atom. The van der Waals surface area contributed by atoms with E-state index in [1.165, 1.54) is 60.5 Å². The fraction of sp³-hybridized carbons (Fsp3) is 0. The molecular weight excluding hydrogens is 581 g/mol. The van der Waals surface area contributed by atoms with E-state index in [0.29, 0.717) is 0 Å². The first kappa shape index (κ1) is 27.9. The summed E-state index contributed by atoms with van der Waals surface area (Å²) in [5.41, 5.74) is 11.8. The molecule has 0 aliphatic heterocycles. The molecule has 226 valence electrons. The largest absolute Gasteiger partial charge is 0.311 e. The highest BCUT2D eigenvalue weighted by atomic mass is 15.1. The van der Waals surface area contributed by atoms with Gasteiger partial charge in [-0.2, -0.15) is 0 Å². The molecule has 9 rings (SSSR count). The van der Waals surface area contributed by atoms with E-state index in [0.717, 1.165) is 17.1 Å². The highest BCUT2D eigenvalue weighted by Gasteiger charge is 2.18. The monoisotopic (exact) mass is 612 g/mol. The van der Waals surface area contributed by atoms with Gasteiger partial charge in [-0.3, -0.25) is 0 Å². The number of aromatic nitrogens is 1. The first-order chi connectivity index (χ1) is 23.8. The lowest BCUT2D eigenvalue weighted by Crippen LogP contribution is -2.09. The van der Waals surface area contributed by atoms with Gasteiger partial charge in [-0.05, 0) is 88.3 Å². The van der Waals surface area contributed by atoms with Crippen LogP contribution >= 0.6 is 0 Å². The third-order valence-electron chi connectivity index (χ3n) is 9.37. The second-order valence-corrected chi connectivity index (χ2v) is 12.2. The lowest BCUT2D eigenvalue weighted by atomic mass is 9.95. The van der Waals surface area contributed by atoms with Crippen molar-refractivity contribution in [1.29, 1.82) is 0 Å². The molecule has 1 aromatic heterocycles. The normalized spacial score (nSPS) is 11.3. The summed E-state index contributed by atoms with van der Waals surface area (Å²) in [6.07, 6.45) is 0. The van der Waals surface area contributed by atoms with Crippen LogP contribution in [-0.4, -0.2) is 4.57 Å². The van der Waals surface area contributed by atoms with Crippen molar-refractivity contribution in [2.24, 2.45) is 0 Å². The summed E-state index contributed by atoms with van der Waals surface area (Å²) in [5, 5.41) is 5.01. The molecule has 9 aromatic rings. The molecule has 0 spiro atoms. The fourth-order valence-corrected chi connectivity index (χ4v) is 7.16. The third-order valence-corrected chi connectivity index (χ3v) is 9.37. The molecule has 0 fully saturated rings. The molecule has 8 aromatic carbocycles. The van der Waals surface area contributed by atoms with E-state index in [-0.39, 0.29) is 0 Å². The van der Waals surface area contributed by atoms with Gasteiger partial charge in [0.25, 0.3) is 0 Å². The van der Waals surface area contributed by atoms with Gasteiger partial charge >= 0.3 is 0 Å². The Morgan fingerprint density at radius 3 is 1.48 bits per heavy atom. The molecule has 0 bridgehead atoms. The zero-order valence-electron chi connectivity index (χ0n) is 26.4. The number of nitrogens with zero attached hydrogens (tertiary/aromatic N) is 2. The smallest absolute Gasteiger partial charge is 0.0619 e. The van der Waals surface area contributed by atoms with Gasteiger partial charge in [-0.25, -0.2) is 0 Å². The first-order valence-electron chi connectivity index (χ1n) is 16.4. The van der Waals surface area contributed by atoms with Crippen LogP contribution in [0.25, 0.3) is 60.5 Å². The molecule has 0 unspecified atom stereocenters. The molecule has 0 radical (unpaired) electrons. The molecule has 0 saturated carbocycles. The minimum absolute atomic E-state index is 1.11. The van der Waals surface area contributed by atoms with Crippen molar-refractivity contribution in [3.8, 4) is 27.9 Å². The Hall–Kier alpha value is -6.38. The topological polar surface area (TPSA) is 8.17 Å². The van der Waals surface area contributed by atoms with Crippen molar-refractivity contribution in [2.45, 2.75) is 0 Å². The summed E-state index contributed by atoms with van der Waals surface area (Å²) in [6.45, 7) is 0. The van der Waals surface area contributed by atoms with Crippen LogP contribution in [0.3, 0.4) is 0 Å². The Kier molecular flexibility index (Phi) is 6.84. The quantitative estimate of drug-likeness (QED) is 0.181. The van der Waals surface area contributed by atoms with E-state index in [9.17, 15) is 0 Å². The van der Waals surface area contributed by atoms with E-state index in [1.807, 2.05) is 0 Å². The number of anilines is 3. The SMILES string of the molecule is c1ccc(-c2ccc(N(c3ccccc3)c3ccc(-c4cc5c6ccccc6n(-c6ccccc6)c5c5ccccc45)cc3)cc2)cc1. The van der Waals surface area contributed by atoms with Gasteiger partial charge < -0.3 is 9.47 Å². The third kappa shape index (κ3) is 4.74. The van der Waals surface area contributed by atoms with Crippen molar-refractivity contribution < 1.29 is 0 Å². The lowest BCUT2D eigenvalue weighted by molar-refractivity contribution is 1.19. The summed E-state index contributed by atoms with van der Waals surface area (Å²) < 4.78 is 2.42. The van der Waals surface area contributed by atoms with Gasteiger partial charge in [0.05, 0.1) is 11.0 Å². The van der Waals surface area contributed by atoms with E-state index < -0.39 is 0 Å². The van der Waals surface area contributed by atoms with Crippen molar-refractivity contribution in [3.63, 3.8) is 0 Å². The molecule has 0 N–H and O–H groups in total. The number of rotatable bonds is 6. The summed E-state index contributed by atoms with van der Waals surface area (Å²) in [4.78, 5) is 2.33. The molecule has 2 heteroatoms. The predicted molar refractivity (Wildman–Crippen MR) is 204 cm³/mol. The van der Waals surface area contributed by atoms with Crippen LogP contribution in [0.4, 0.5) is 17.1 Å². The molecule has 0 aliphatic carbocycles. The first-order valence-corrected chi connectivity index (χ1v) is 16.4. The molecule has 2 nitrogen and oxygen atoms in total. The maximum atomic E-state index is 2.42. The molecule has 0 atom stereocenters. The van der Waals surface area contributed by atoms with Gasteiger partial charge in [0.15, 0.2) is 0 Å². The van der Waals surface area contributed by atoms with Gasteiger partial charge in [-0.15, -0.1) is 0 Å². The number of benzene rings is 8. The molecule has 0 amide bonds. The van der Waals surface area contributed by atoms with E-state index in [1.54, 1.807) is 0 Å². The zero-order chi connectivity index (χ0) is 31.9. The van der Waals surface area contributed by atoms with Crippen LogP contribution in [-0.2, 0) is 0 Å². The van der Waals surface area contributed by atoms with Crippen LogP contribution in [0.1, 0.15) is 0 Å². The lowest BCUT2D eigenvalue weighted by Gasteiger charge is -2.26. The standard InChI is InChI=1S/C46H32N2/c1-4-14-33(15-5-1)34-24-28-38(29-25-34)47(36-16-6-2-7-17-36)39-30-26-35(27-31-39)43-32-44-41-21-12-13-23-45(41)48(37-18-8-3-9-19-37)46(44)42-22-11-10-20-40(42)43/h1-32H. The molecule has 0 aliphatic rings. The molecular formula is C46H32N2. The van der Waals surface area contributed by atoms with Gasteiger partial charge in [0, 0.05) is 38.9 Å². The van der Waals surface area contributed by atoms with Gasteiger partial charge in [-0.1, -0.05) is 133 Å². The highest BCUT2D eigenvalue weighted by Crippen LogP contribution is 2.42. The van der Waals surface area contributed by atoms with Gasteiger partial charge in [0.2, 0.25) is 0 Å². The number of para-hydroxylation sites is 3. The van der Waals surface area contributed by atoms with Crippen LogP contribution < -0.4 is 4.90 Å². The van der Waals surface area contributed by atoms with Crippen molar-refractivity contribution in [3.05, 3.63) is 194 Å². The van der Waals surface area contributed by atoms with Crippen molar-refractivity contribution in [1.82, 2.24) is 4.57 Å². The Labute approximate surface area is 280 Å².